The quantitative estimate of drug-likeness (QED) is 0.746. The fourth-order valence-corrected chi connectivity index (χ4v) is 2.82. The number of aliphatic hydroxyl groups is 1. The van der Waals surface area contributed by atoms with Crippen LogP contribution in [0.4, 0.5) is 4.79 Å². The van der Waals surface area contributed by atoms with Crippen LogP contribution in [0.2, 0.25) is 0 Å². The molecule has 94 valence electrons. The second-order valence-corrected chi connectivity index (χ2v) is 4.69. The lowest BCUT2D eigenvalue weighted by Gasteiger charge is -2.27. The maximum atomic E-state index is 11.7. The highest BCUT2D eigenvalue weighted by molar-refractivity contribution is 7.99. The number of aliphatic hydroxyl groups excluding tert-OH is 1. The molecule has 0 aliphatic carbocycles. The molecule has 1 fully saturated rings. The molecule has 1 rings (SSSR count). The SMILES string of the molecule is COCCN(C(=O)OCCO)C1CCSC1. The first kappa shape index (κ1) is 13.6. The van der Waals surface area contributed by atoms with Crippen LogP contribution in [0.15, 0.2) is 0 Å². The van der Waals surface area contributed by atoms with Gasteiger partial charge in [-0.25, -0.2) is 4.79 Å². The van der Waals surface area contributed by atoms with E-state index in [2.05, 4.69) is 0 Å². The standard InChI is InChI=1S/C10H19NO4S/c1-14-5-3-11(9-2-7-16-8-9)10(13)15-6-4-12/h9,12H,2-8H2,1H3. The maximum Gasteiger partial charge on any atom is 0.410 e. The number of carbonyl (C=O) groups excluding carboxylic acids is 1. The minimum atomic E-state index is -0.349. The molecule has 1 aliphatic heterocycles. The average Bonchev–Trinajstić information content (AvgIpc) is 2.80. The van der Waals surface area contributed by atoms with E-state index in [1.165, 1.54) is 0 Å². The molecule has 0 saturated carbocycles. The van der Waals surface area contributed by atoms with Crippen LogP contribution >= 0.6 is 11.8 Å². The minimum absolute atomic E-state index is 0.0577. The number of amides is 1. The molecule has 1 heterocycles. The van der Waals surface area contributed by atoms with Crippen LogP contribution in [0, 0.1) is 0 Å². The number of nitrogens with zero attached hydrogens (tertiary/aromatic N) is 1. The zero-order valence-electron chi connectivity index (χ0n) is 9.55. The Morgan fingerprint density at radius 2 is 2.38 bits per heavy atom. The average molecular weight is 249 g/mol. The number of thioether (sulfide) groups is 1. The van der Waals surface area contributed by atoms with E-state index in [1.54, 1.807) is 12.0 Å². The van der Waals surface area contributed by atoms with Crippen molar-refractivity contribution in [2.45, 2.75) is 12.5 Å². The number of carbonyl (C=O) groups is 1. The lowest BCUT2D eigenvalue weighted by atomic mass is 10.2. The molecule has 0 aromatic rings. The number of ether oxygens (including phenoxy) is 2. The molecule has 1 atom stereocenters. The summed E-state index contributed by atoms with van der Waals surface area (Å²) >= 11 is 1.85. The van der Waals surface area contributed by atoms with Gasteiger partial charge in [-0.1, -0.05) is 0 Å². The van der Waals surface area contributed by atoms with Crippen molar-refractivity contribution in [3.05, 3.63) is 0 Å². The van der Waals surface area contributed by atoms with Crippen molar-refractivity contribution in [1.29, 1.82) is 0 Å². The van der Waals surface area contributed by atoms with Gasteiger partial charge in [-0.15, -0.1) is 0 Å². The molecule has 5 nitrogen and oxygen atoms in total. The zero-order chi connectivity index (χ0) is 11.8. The van der Waals surface area contributed by atoms with Gasteiger partial charge in [0, 0.05) is 25.4 Å². The summed E-state index contributed by atoms with van der Waals surface area (Å²) < 4.78 is 9.92. The Labute approximate surface area is 100 Å². The summed E-state index contributed by atoms with van der Waals surface area (Å²) in [7, 11) is 1.61. The Hall–Kier alpha value is -0.460. The second kappa shape index (κ2) is 7.76. The van der Waals surface area contributed by atoms with Crippen molar-refractivity contribution in [2.75, 3.05) is 45.0 Å². The minimum Gasteiger partial charge on any atom is -0.447 e. The normalized spacial score (nSPS) is 19.8. The molecule has 0 aromatic heterocycles. The third-order valence-corrected chi connectivity index (χ3v) is 3.58. The summed E-state index contributed by atoms with van der Waals surface area (Å²) in [6.45, 7) is 0.979. The first-order chi connectivity index (χ1) is 7.79. The van der Waals surface area contributed by atoms with Crippen molar-refractivity contribution in [3.8, 4) is 0 Å². The van der Waals surface area contributed by atoms with Gasteiger partial charge in [-0.2, -0.15) is 11.8 Å². The Kier molecular flexibility index (Phi) is 6.59. The van der Waals surface area contributed by atoms with Gasteiger partial charge in [0.05, 0.1) is 13.2 Å². The zero-order valence-corrected chi connectivity index (χ0v) is 10.4. The fraction of sp³-hybridized carbons (Fsp3) is 0.900. The highest BCUT2D eigenvalue weighted by Crippen LogP contribution is 2.22. The first-order valence-electron chi connectivity index (χ1n) is 5.40. The van der Waals surface area contributed by atoms with Crippen LogP contribution in [0.25, 0.3) is 0 Å². The monoisotopic (exact) mass is 249 g/mol. The summed E-state index contributed by atoms with van der Waals surface area (Å²) in [5.74, 6) is 2.04. The van der Waals surface area contributed by atoms with E-state index in [-0.39, 0.29) is 25.3 Å². The van der Waals surface area contributed by atoms with Gasteiger partial charge >= 0.3 is 6.09 Å². The fourth-order valence-electron chi connectivity index (χ4n) is 1.60. The van der Waals surface area contributed by atoms with Crippen molar-refractivity contribution < 1.29 is 19.4 Å². The highest BCUT2D eigenvalue weighted by Gasteiger charge is 2.27. The number of hydrogen-bond acceptors (Lipinski definition) is 5. The van der Waals surface area contributed by atoms with Crippen LogP contribution in [-0.2, 0) is 9.47 Å². The number of methoxy groups -OCH3 is 1. The summed E-state index contributed by atoms with van der Waals surface area (Å²) in [4.78, 5) is 13.4. The molecule has 0 spiro atoms. The highest BCUT2D eigenvalue weighted by atomic mass is 32.2. The van der Waals surface area contributed by atoms with Gasteiger partial charge in [0.15, 0.2) is 0 Å². The van der Waals surface area contributed by atoms with Gasteiger partial charge in [0.25, 0.3) is 0 Å². The molecule has 0 aromatic carbocycles. The smallest absolute Gasteiger partial charge is 0.410 e. The Morgan fingerprint density at radius 1 is 1.56 bits per heavy atom. The molecule has 1 aliphatic rings. The van der Waals surface area contributed by atoms with E-state index in [9.17, 15) is 4.79 Å². The molecule has 0 bridgehead atoms. The summed E-state index contributed by atoms with van der Waals surface area (Å²) in [6, 6.07) is 0.242. The van der Waals surface area contributed by atoms with Gasteiger partial charge < -0.3 is 19.5 Å². The first-order valence-corrected chi connectivity index (χ1v) is 6.56. The van der Waals surface area contributed by atoms with Crippen LogP contribution in [0.1, 0.15) is 6.42 Å². The molecule has 1 unspecified atom stereocenters. The van der Waals surface area contributed by atoms with E-state index in [4.69, 9.17) is 14.6 Å². The van der Waals surface area contributed by atoms with Crippen molar-refractivity contribution in [3.63, 3.8) is 0 Å². The van der Waals surface area contributed by atoms with Gasteiger partial charge in [-0.3, -0.25) is 0 Å². The molecule has 6 heteroatoms. The molecule has 0 radical (unpaired) electrons. The number of hydrogen-bond donors (Lipinski definition) is 1. The van der Waals surface area contributed by atoms with Gasteiger partial charge in [-0.05, 0) is 12.2 Å². The van der Waals surface area contributed by atoms with E-state index in [0.29, 0.717) is 13.2 Å². The van der Waals surface area contributed by atoms with E-state index < -0.39 is 0 Å². The summed E-state index contributed by atoms with van der Waals surface area (Å²) in [5.41, 5.74) is 0. The topological polar surface area (TPSA) is 59.0 Å². The third kappa shape index (κ3) is 4.19. The van der Waals surface area contributed by atoms with Crippen LogP contribution in [0.5, 0.6) is 0 Å². The predicted molar refractivity (Wildman–Crippen MR) is 62.7 cm³/mol. The van der Waals surface area contributed by atoms with Crippen molar-refractivity contribution in [2.24, 2.45) is 0 Å². The van der Waals surface area contributed by atoms with Gasteiger partial charge in [0.2, 0.25) is 0 Å². The molecule has 1 saturated heterocycles. The molecule has 1 N–H and O–H groups in total. The largest absolute Gasteiger partial charge is 0.447 e. The van der Waals surface area contributed by atoms with E-state index in [0.717, 1.165) is 17.9 Å². The Morgan fingerprint density at radius 3 is 2.94 bits per heavy atom. The van der Waals surface area contributed by atoms with Crippen LogP contribution in [-0.4, -0.2) is 67.1 Å². The number of rotatable bonds is 6. The predicted octanol–water partition coefficient (Wildman–Crippen LogP) is 0.569. The van der Waals surface area contributed by atoms with Crippen molar-refractivity contribution >= 4 is 17.9 Å². The van der Waals surface area contributed by atoms with E-state index >= 15 is 0 Å². The summed E-state index contributed by atoms with van der Waals surface area (Å²) in [5, 5.41) is 8.61. The lowest BCUT2D eigenvalue weighted by molar-refractivity contribution is 0.0625. The summed E-state index contributed by atoms with van der Waals surface area (Å²) in [6.07, 6.45) is 0.654. The molecule has 1 amide bonds. The molecular formula is C10H19NO4S. The molecular weight excluding hydrogens is 230 g/mol. The van der Waals surface area contributed by atoms with E-state index in [1.807, 2.05) is 11.8 Å². The molecule has 16 heavy (non-hydrogen) atoms. The Bertz CT molecular complexity index is 209. The second-order valence-electron chi connectivity index (χ2n) is 3.54. The van der Waals surface area contributed by atoms with Crippen LogP contribution in [0.3, 0.4) is 0 Å². The van der Waals surface area contributed by atoms with Crippen LogP contribution < -0.4 is 0 Å². The van der Waals surface area contributed by atoms with Crippen molar-refractivity contribution in [1.82, 2.24) is 4.90 Å². The lowest BCUT2D eigenvalue weighted by Crippen LogP contribution is -2.43. The van der Waals surface area contributed by atoms with Gasteiger partial charge in [0.1, 0.15) is 6.61 Å². The Balaban J connectivity index is 2.44. The maximum absolute atomic E-state index is 11.7. The third-order valence-electron chi connectivity index (χ3n) is 2.43.